The summed E-state index contributed by atoms with van der Waals surface area (Å²) in [4.78, 5) is 45.6. The Bertz CT molecular complexity index is 2400. The van der Waals surface area contributed by atoms with Gasteiger partial charge < -0.3 is 50.2 Å². The molecule has 4 aromatic rings. The van der Waals surface area contributed by atoms with Gasteiger partial charge in [0.05, 0.1) is 35.4 Å². The molecular formula is C42H46N4O10. The van der Waals surface area contributed by atoms with E-state index in [1.807, 2.05) is 50.2 Å². The Kier molecular flexibility index (Phi) is 11.0. The Hall–Kier alpha value is -5.22. The molecule has 4 unspecified atom stereocenters. The zero-order valence-electron chi connectivity index (χ0n) is 31.7. The minimum atomic E-state index is -1.68. The van der Waals surface area contributed by atoms with Crippen LogP contribution in [0.4, 0.5) is 17.1 Å². The number of benzene rings is 4. The molecule has 2 heterocycles. The third-order valence-corrected chi connectivity index (χ3v) is 10.5. The summed E-state index contributed by atoms with van der Waals surface area (Å²) in [6.07, 6.45) is -3.11. The first-order valence-corrected chi connectivity index (χ1v) is 18.8. The van der Waals surface area contributed by atoms with Gasteiger partial charge in [-0.3, -0.25) is 19.4 Å². The second-order valence-electron chi connectivity index (χ2n) is 13.9. The monoisotopic (exact) mass is 766 g/mol. The highest BCUT2D eigenvalue weighted by molar-refractivity contribution is 6.52. The molecule has 4 aromatic carbocycles. The summed E-state index contributed by atoms with van der Waals surface area (Å²) in [5.74, 6) is -1.69. The Labute approximate surface area is 322 Å². The van der Waals surface area contributed by atoms with Gasteiger partial charge in [-0.2, -0.15) is 0 Å². The maximum atomic E-state index is 14.5. The van der Waals surface area contributed by atoms with Crippen LogP contribution >= 0.6 is 0 Å². The van der Waals surface area contributed by atoms with E-state index in [-0.39, 0.29) is 56.5 Å². The largest absolute Gasteiger partial charge is 0.506 e. The number of anilines is 3. The lowest BCUT2D eigenvalue weighted by atomic mass is 9.79. The van der Waals surface area contributed by atoms with Gasteiger partial charge in [-0.05, 0) is 36.8 Å². The maximum absolute atomic E-state index is 14.5. The molecule has 0 fully saturated rings. The van der Waals surface area contributed by atoms with Crippen molar-refractivity contribution in [3.63, 3.8) is 0 Å². The number of ether oxygens (including phenoxy) is 4. The molecule has 56 heavy (non-hydrogen) atoms. The molecule has 14 nitrogen and oxygen atoms in total. The highest BCUT2D eigenvalue weighted by atomic mass is 16.7. The molecule has 0 amide bonds. The predicted octanol–water partition coefficient (Wildman–Crippen LogP) is 3.67. The predicted molar refractivity (Wildman–Crippen MR) is 210 cm³/mol. The molecule has 0 bridgehead atoms. The van der Waals surface area contributed by atoms with Gasteiger partial charge in [-0.1, -0.05) is 62.4 Å². The quantitative estimate of drug-likeness (QED) is 0.0674. The SMILES string of the molecule is CCOCOCC1(C(O)C(=O)CC)N=c2/c(=C3\C(=O)C(c4ccc5cccc6c5c4NC(COCOCC)(C(O)C(=O)CC)N6)=C3O)ccc3cccc(c23)N1. The van der Waals surface area contributed by atoms with Crippen molar-refractivity contribution in [2.45, 2.75) is 64.1 Å². The van der Waals surface area contributed by atoms with Crippen molar-refractivity contribution in [1.82, 2.24) is 0 Å². The number of Topliss-reactive ketones (excluding diaryl/α,β-unsaturated/α-hetero) is 3. The summed E-state index contributed by atoms with van der Waals surface area (Å²) in [7, 11) is 0. The van der Waals surface area contributed by atoms with Gasteiger partial charge in [0.2, 0.25) is 5.78 Å². The van der Waals surface area contributed by atoms with Gasteiger partial charge in [0, 0.05) is 59.0 Å². The fourth-order valence-corrected chi connectivity index (χ4v) is 7.64. The van der Waals surface area contributed by atoms with Crippen LogP contribution in [0.25, 0.3) is 32.7 Å². The van der Waals surface area contributed by atoms with Gasteiger partial charge in [0.15, 0.2) is 35.1 Å². The Balaban J connectivity index is 1.42. The maximum Gasteiger partial charge on any atom is 0.201 e. The van der Waals surface area contributed by atoms with Crippen LogP contribution in [-0.2, 0) is 33.3 Å². The molecule has 4 atom stereocenters. The van der Waals surface area contributed by atoms with Crippen LogP contribution in [0.3, 0.4) is 0 Å². The molecule has 294 valence electrons. The van der Waals surface area contributed by atoms with Crippen LogP contribution in [0, 0.1) is 0 Å². The number of carbonyl (C=O) groups is 3. The zero-order chi connectivity index (χ0) is 39.8. The summed E-state index contributed by atoms with van der Waals surface area (Å²) in [6.45, 7) is 7.09. The summed E-state index contributed by atoms with van der Waals surface area (Å²) in [5.41, 5.74) is -1.33. The standard InChI is InChI=1S/C42H46N4O10/c1-5-29(47)39(51)41(19-55-21-53-7-3)43-27-13-9-11-23-15-17-25(35(45-41)31(23)27)33-37(49)34(38(33)50)26-18-16-24-12-10-14-28-32(24)36(26)46-42(44-28,20-56-22-54-8-4)40(52)30(48)6-2/h9-18,39-40,43-45,49,51-52H,5-8,19-22H2,1-4H3/b34-26-. The van der Waals surface area contributed by atoms with E-state index in [2.05, 4.69) is 16.0 Å². The van der Waals surface area contributed by atoms with E-state index in [1.165, 1.54) is 0 Å². The van der Waals surface area contributed by atoms with E-state index < -0.39 is 40.9 Å². The number of aliphatic hydroxyl groups is 3. The number of nitrogens with zero attached hydrogens (tertiary/aromatic N) is 1. The highest BCUT2D eigenvalue weighted by Crippen LogP contribution is 2.47. The van der Waals surface area contributed by atoms with Crippen molar-refractivity contribution in [3.05, 3.63) is 82.6 Å². The van der Waals surface area contributed by atoms with Crippen molar-refractivity contribution < 1.29 is 48.7 Å². The van der Waals surface area contributed by atoms with Gasteiger partial charge in [-0.15, -0.1) is 0 Å². The number of aliphatic hydroxyl groups excluding tert-OH is 3. The van der Waals surface area contributed by atoms with Gasteiger partial charge >= 0.3 is 0 Å². The second kappa shape index (κ2) is 15.7. The van der Waals surface area contributed by atoms with Crippen LogP contribution in [-0.4, -0.2) is 96.2 Å². The van der Waals surface area contributed by atoms with Crippen LogP contribution in [0.2, 0.25) is 0 Å². The van der Waals surface area contributed by atoms with Gasteiger partial charge in [-0.25, -0.2) is 0 Å². The van der Waals surface area contributed by atoms with Crippen molar-refractivity contribution in [2.75, 3.05) is 56.0 Å². The summed E-state index contributed by atoms with van der Waals surface area (Å²) >= 11 is 0. The molecule has 0 spiro atoms. The van der Waals surface area contributed by atoms with Gasteiger partial charge in [0.25, 0.3) is 0 Å². The summed E-state index contributed by atoms with van der Waals surface area (Å²) < 4.78 is 22.3. The van der Waals surface area contributed by atoms with E-state index in [9.17, 15) is 29.7 Å². The van der Waals surface area contributed by atoms with E-state index in [0.717, 1.165) is 10.8 Å². The van der Waals surface area contributed by atoms with Gasteiger partial charge in [0.1, 0.15) is 19.3 Å². The molecule has 0 aromatic heterocycles. The zero-order valence-corrected chi connectivity index (χ0v) is 31.7. The molecule has 6 N–H and O–H groups in total. The lowest BCUT2D eigenvalue weighted by Gasteiger charge is -2.44. The van der Waals surface area contributed by atoms with Crippen molar-refractivity contribution in [1.29, 1.82) is 0 Å². The summed E-state index contributed by atoms with van der Waals surface area (Å²) in [5, 5.41) is 48.4. The Morgan fingerprint density at radius 1 is 0.714 bits per heavy atom. The molecule has 2 aliphatic heterocycles. The number of nitrogens with one attached hydrogen (secondary N) is 3. The molecule has 1 aliphatic carbocycles. The fraction of sp³-hybridized carbons (Fsp3) is 0.381. The van der Waals surface area contributed by atoms with E-state index >= 15 is 0 Å². The number of rotatable bonds is 17. The normalized spacial score (nSPS) is 21.8. The molecule has 0 saturated heterocycles. The molecule has 0 radical (unpaired) electrons. The minimum Gasteiger partial charge on any atom is -0.506 e. The van der Waals surface area contributed by atoms with E-state index in [1.54, 1.807) is 38.1 Å². The first kappa shape index (κ1) is 39.0. The Morgan fingerprint density at radius 3 is 1.96 bits per heavy atom. The smallest absolute Gasteiger partial charge is 0.201 e. The van der Waals surface area contributed by atoms with Crippen molar-refractivity contribution in [3.8, 4) is 0 Å². The third kappa shape index (κ3) is 6.51. The Morgan fingerprint density at radius 2 is 1.32 bits per heavy atom. The average molecular weight is 767 g/mol. The number of hydrogen-bond donors (Lipinski definition) is 6. The fourth-order valence-electron chi connectivity index (χ4n) is 7.64. The molecule has 7 rings (SSSR count). The minimum absolute atomic E-state index is 0.000168. The number of carbonyl (C=O) groups excluding carboxylic acids is 3. The average Bonchev–Trinajstić information content (AvgIpc) is 3.21. The summed E-state index contributed by atoms with van der Waals surface area (Å²) in [6, 6.07) is 18.1. The van der Waals surface area contributed by atoms with Crippen LogP contribution in [0.1, 0.15) is 46.1 Å². The topological polar surface area (TPSA) is 197 Å². The molecule has 3 aliphatic rings. The van der Waals surface area contributed by atoms with Crippen molar-refractivity contribution in [2.24, 2.45) is 4.99 Å². The highest BCUT2D eigenvalue weighted by Gasteiger charge is 2.48. The number of hydrogen-bond acceptors (Lipinski definition) is 14. The van der Waals surface area contributed by atoms with Crippen LogP contribution in [0.5, 0.6) is 0 Å². The van der Waals surface area contributed by atoms with Crippen LogP contribution < -0.4 is 26.5 Å². The lowest BCUT2D eigenvalue weighted by molar-refractivity contribution is -0.133. The van der Waals surface area contributed by atoms with Crippen LogP contribution in [0.15, 0.2) is 71.4 Å². The van der Waals surface area contributed by atoms with Crippen molar-refractivity contribution >= 4 is 67.1 Å². The molecule has 14 heteroatoms. The van der Waals surface area contributed by atoms with E-state index in [0.29, 0.717) is 57.2 Å². The number of ketones is 3. The first-order chi connectivity index (χ1) is 27.0. The number of allylic oxidation sites excluding steroid dienone is 2. The molecule has 0 saturated carbocycles. The second-order valence-corrected chi connectivity index (χ2v) is 13.9. The first-order valence-electron chi connectivity index (χ1n) is 18.8. The van der Waals surface area contributed by atoms with E-state index in [4.69, 9.17) is 23.9 Å². The lowest BCUT2D eigenvalue weighted by Crippen LogP contribution is -2.63. The molecular weight excluding hydrogens is 720 g/mol. The third-order valence-electron chi connectivity index (χ3n) is 10.5.